The number of methoxy groups -OCH3 is 2. The summed E-state index contributed by atoms with van der Waals surface area (Å²) in [5.74, 6) is 2.42. The summed E-state index contributed by atoms with van der Waals surface area (Å²) in [6, 6.07) is 8.17. The standard InChI is InChI=1S/C21H25N3O2S.C3H4O.C2H6O/c1-14-16(5-4-6-19(14)26-3)18-13-23(2)21(25)17-11-15(27-20(17)18)12-24-9-7-22-8-10-24;1-2-3-4;1-3-2/h4-6,11,13,22H,7-10,12H2,1-3H3;2H,1H3;1-2H3. The van der Waals surface area contributed by atoms with Gasteiger partial charge in [0.2, 0.25) is 0 Å². The number of benzene rings is 1. The van der Waals surface area contributed by atoms with Crippen LogP contribution < -0.4 is 15.6 Å². The summed E-state index contributed by atoms with van der Waals surface area (Å²) < 4.78 is 12.5. The highest BCUT2D eigenvalue weighted by molar-refractivity contribution is 7.19. The predicted octanol–water partition coefficient (Wildman–Crippen LogP) is 3.65. The molecule has 0 spiro atoms. The van der Waals surface area contributed by atoms with Gasteiger partial charge in [-0.05, 0) is 43.2 Å². The molecule has 0 radical (unpaired) electrons. The first-order valence-electron chi connectivity index (χ1n) is 11.2. The average molecular weight is 486 g/mol. The van der Waals surface area contributed by atoms with Crippen molar-refractivity contribution in [2.75, 3.05) is 47.5 Å². The van der Waals surface area contributed by atoms with Gasteiger partial charge in [-0.15, -0.1) is 11.3 Å². The molecule has 3 heterocycles. The van der Waals surface area contributed by atoms with E-state index in [4.69, 9.17) is 9.53 Å². The normalized spacial score (nSPS) is 13.2. The molecule has 3 aromatic rings. The minimum Gasteiger partial charge on any atom is -0.496 e. The number of carbonyl (C=O) groups excluding carboxylic acids is 1. The Morgan fingerprint density at radius 3 is 2.41 bits per heavy atom. The van der Waals surface area contributed by atoms with Crippen molar-refractivity contribution in [1.29, 1.82) is 0 Å². The second kappa shape index (κ2) is 13.8. The topological polar surface area (TPSA) is 72.8 Å². The number of allylic oxidation sites excluding steroid dienone is 1. The molecule has 0 amide bonds. The lowest BCUT2D eigenvalue weighted by molar-refractivity contribution is 0.235. The number of pyridine rings is 1. The fraction of sp³-hybridized carbons (Fsp3) is 0.423. The molecule has 0 bridgehead atoms. The monoisotopic (exact) mass is 485 g/mol. The third-order valence-corrected chi connectivity index (χ3v) is 6.56. The largest absolute Gasteiger partial charge is 0.496 e. The number of nitrogens with one attached hydrogen (secondary N) is 1. The van der Waals surface area contributed by atoms with E-state index in [0.717, 1.165) is 65.2 Å². The number of nitrogens with zero attached hydrogens (tertiary/aromatic N) is 2. The quantitative estimate of drug-likeness (QED) is 0.569. The van der Waals surface area contributed by atoms with E-state index in [1.807, 2.05) is 25.4 Å². The molecule has 184 valence electrons. The van der Waals surface area contributed by atoms with Gasteiger partial charge in [0.1, 0.15) is 11.7 Å². The van der Waals surface area contributed by atoms with Gasteiger partial charge in [-0.3, -0.25) is 9.69 Å². The van der Waals surface area contributed by atoms with Gasteiger partial charge in [-0.25, -0.2) is 4.79 Å². The van der Waals surface area contributed by atoms with Crippen LogP contribution in [0.1, 0.15) is 17.4 Å². The predicted molar refractivity (Wildman–Crippen MR) is 141 cm³/mol. The van der Waals surface area contributed by atoms with Crippen LogP contribution in [-0.4, -0.2) is 62.9 Å². The van der Waals surface area contributed by atoms with E-state index in [1.54, 1.807) is 50.1 Å². The third-order valence-electron chi connectivity index (χ3n) is 5.40. The summed E-state index contributed by atoms with van der Waals surface area (Å²) in [5.41, 5.74) is 3.37. The molecule has 7 nitrogen and oxygen atoms in total. The Balaban J connectivity index is 0.000000519. The van der Waals surface area contributed by atoms with Crippen LogP contribution in [0.3, 0.4) is 0 Å². The molecule has 1 saturated heterocycles. The molecule has 1 aliphatic rings. The molecule has 8 heteroatoms. The van der Waals surface area contributed by atoms with Crippen molar-refractivity contribution in [2.24, 2.45) is 7.05 Å². The summed E-state index contributed by atoms with van der Waals surface area (Å²) in [5, 5.41) is 4.20. The van der Waals surface area contributed by atoms with Crippen LogP contribution in [0.2, 0.25) is 0 Å². The maximum atomic E-state index is 12.7. The first kappa shape index (κ1) is 27.5. The highest BCUT2D eigenvalue weighted by atomic mass is 32.1. The zero-order valence-corrected chi connectivity index (χ0v) is 21.8. The van der Waals surface area contributed by atoms with Crippen LogP contribution >= 0.6 is 11.3 Å². The zero-order chi connectivity index (χ0) is 25.1. The fourth-order valence-electron chi connectivity index (χ4n) is 3.79. The van der Waals surface area contributed by atoms with Crippen molar-refractivity contribution in [3.63, 3.8) is 0 Å². The first-order chi connectivity index (χ1) is 16.4. The van der Waals surface area contributed by atoms with Crippen LogP contribution in [0, 0.1) is 6.92 Å². The van der Waals surface area contributed by atoms with E-state index in [9.17, 15) is 4.79 Å². The van der Waals surface area contributed by atoms with Gasteiger partial charge >= 0.3 is 0 Å². The van der Waals surface area contributed by atoms with Crippen molar-refractivity contribution in [1.82, 2.24) is 14.8 Å². The molecule has 0 aliphatic carbocycles. The maximum absolute atomic E-state index is 12.7. The maximum Gasteiger partial charge on any atom is 0.259 e. The molecule has 1 aromatic carbocycles. The van der Waals surface area contributed by atoms with E-state index >= 15 is 0 Å². The Labute approximate surface area is 205 Å². The summed E-state index contributed by atoms with van der Waals surface area (Å²) in [4.78, 5) is 25.4. The van der Waals surface area contributed by atoms with E-state index in [0.29, 0.717) is 0 Å². The lowest BCUT2D eigenvalue weighted by Crippen LogP contribution is -2.42. The number of aromatic nitrogens is 1. The lowest BCUT2D eigenvalue weighted by atomic mass is 10.0. The zero-order valence-electron chi connectivity index (χ0n) is 20.9. The number of hydrogen-bond donors (Lipinski definition) is 1. The molecule has 4 rings (SSSR count). The smallest absolute Gasteiger partial charge is 0.259 e. The van der Waals surface area contributed by atoms with Crippen LogP contribution in [0.15, 0.2) is 41.3 Å². The number of aryl methyl sites for hydroxylation is 1. The summed E-state index contributed by atoms with van der Waals surface area (Å²) in [6.45, 7) is 8.76. The van der Waals surface area contributed by atoms with Crippen molar-refractivity contribution in [2.45, 2.75) is 20.4 Å². The van der Waals surface area contributed by atoms with Gasteiger partial charge in [-0.1, -0.05) is 12.1 Å². The molecule has 1 N–H and O–H groups in total. The Hall–Kier alpha value is -2.74. The molecule has 34 heavy (non-hydrogen) atoms. The molecule has 2 aromatic heterocycles. The summed E-state index contributed by atoms with van der Waals surface area (Å²) in [7, 11) is 6.77. The Kier molecular flexibility index (Phi) is 11.2. The van der Waals surface area contributed by atoms with Gasteiger partial charge in [0.05, 0.1) is 12.5 Å². The number of thiophene rings is 1. The molecular formula is C26H35N3O4S. The summed E-state index contributed by atoms with van der Waals surface area (Å²) >= 11 is 1.74. The molecule has 1 aliphatic heterocycles. The molecule has 0 saturated carbocycles. The number of ether oxygens (including phenoxy) is 2. The minimum absolute atomic E-state index is 0.0668. The SMILES string of the molecule is CC=C=O.COC.COc1cccc(-c2cn(C)c(=O)c3cc(CN4CCNCC4)sc23)c1C. The number of rotatable bonds is 4. The van der Waals surface area contributed by atoms with E-state index in [2.05, 4.69) is 34.0 Å². The van der Waals surface area contributed by atoms with Crippen molar-refractivity contribution in [3.8, 4) is 16.9 Å². The van der Waals surface area contributed by atoms with E-state index in [1.165, 1.54) is 11.0 Å². The first-order valence-corrected chi connectivity index (χ1v) is 12.0. The van der Waals surface area contributed by atoms with Crippen molar-refractivity contribution in [3.05, 3.63) is 57.3 Å². The van der Waals surface area contributed by atoms with Crippen LogP contribution in [-0.2, 0) is 23.1 Å². The van der Waals surface area contributed by atoms with Crippen LogP contribution in [0.4, 0.5) is 0 Å². The number of hydrogen-bond acceptors (Lipinski definition) is 7. The van der Waals surface area contributed by atoms with Gasteiger partial charge in [0.15, 0.2) is 0 Å². The lowest BCUT2D eigenvalue weighted by Gasteiger charge is -2.26. The van der Waals surface area contributed by atoms with Gasteiger partial charge < -0.3 is 19.4 Å². The average Bonchev–Trinajstić information content (AvgIpc) is 3.27. The minimum atomic E-state index is 0.0668. The second-order valence-electron chi connectivity index (χ2n) is 7.89. The molecular weight excluding hydrogens is 450 g/mol. The van der Waals surface area contributed by atoms with Gasteiger partial charge in [-0.2, -0.15) is 0 Å². The van der Waals surface area contributed by atoms with Crippen molar-refractivity contribution >= 4 is 27.4 Å². The third kappa shape index (κ3) is 6.88. The van der Waals surface area contributed by atoms with Gasteiger partial charge in [0.25, 0.3) is 5.56 Å². The summed E-state index contributed by atoms with van der Waals surface area (Å²) in [6.07, 6.45) is 3.28. The Morgan fingerprint density at radius 2 is 1.82 bits per heavy atom. The van der Waals surface area contributed by atoms with Crippen LogP contribution in [0.5, 0.6) is 5.75 Å². The van der Waals surface area contributed by atoms with E-state index < -0.39 is 0 Å². The Bertz CT molecular complexity index is 1170. The molecule has 1 fully saturated rings. The van der Waals surface area contributed by atoms with Crippen molar-refractivity contribution < 1.29 is 14.3 Å². The highest BCUT2D eigenvalue weighted by Gasteiger charge is 2.18. The molecule has 0 atom stereocenters. The number of fused-ring (bicyclic) bond motifs is 1. The van der Waals surface area contributed by atoms with E-state index in [-0.39, 0.29) is 5.56 Å². The van der Waals surface area contributed by atoms with Gasteiger partial charge in [0, 0.05) is 75.3 Å². The second-order valence-corrected chi connectivity index (χ2v) is 9.02. The molecule has 0 unspecified atom stereocenters. The number of piperazine rings is 1. The highest BCUT2D eigenvalue weighted by Crippen LogP contribution is 2.37. The van der Waals surface area contributed by atoms with Crippen LogP contribution in [0.25, 0.3) is 21.2 Å². The Morgan fingerprint density at radius 1 is 1.18 bits per heavy atom. The fourth-order valence-corrected chi connectivity index (χ4v) is 5.00.